The lowest BCUT2D eigenvalue weighted by Crippen LogP contribution is -2.26. The highest BCUT2D eigenvalue weighted by molar-refractivity contribution is 9.09. The number of halogens is 1. The van der Waals surface area contributed by atoms with Gasteiger partial charge in [-0.3, -0.25) is 0 Å². The van der Waals surface area contributed by atoms with E-state index in [0.29, 0.717) is 11.5 Å². The maximum absolute atomic E-state index is 5.68. The van der Waals surface area contributed by atoms with Gasteiger partial charge in [-0.05, 0) is 31.1 Å². The molecule has 2 heteroatoms. The molecule has 0 amide bonds. The van der Waals surface area contributed by atoms with Gasteiger partial charge >= 0.3 is 0 Å². The van der Waals surface area contributed by atoms with Crippen LogP contribution in [0.4, 0.5) is 0 Å². The van der Waals surface area contributed by atoms with Gasteiger partial charge in [-0.15, -0.1) is 0 Å². The summed E-state index contributed by atoms with van der Waals surface area (Å²) in [5.74, 6) is 0. The Morgan fingerprint density at radius 2 is 1.92 bits per heavy atom. The minimum absolute atomic E-state index is 0.538. The summed E-state index contributed by atoms with van der Waals surface area (Å²) in [5.41, 5.74) is 0.564. The molecule has 1 nitrogen and oxygen atoms in total. The Morgan fingerprint density at radius 3 is 2.42 bits per heavy atom. The van der Waals surface area contributed by atoms with E-state index in [-0.39, 0.29) is 0 Å². The van der Waals surface area contributed by atoms with Crippen LogP contribution in [0, 0.1) is 5.41 Å². The first-order valence-electron chi connectivity index (χ1n) is 4.82. The molecule has 0 spiro atoms. The molecular formula is C10H19BrO. The summed E-state index contributed by atoms with van der Waals surface area (Å²) in [5, 5.41) is 0.965. The molecule has 1 fully saturated rings. The van der Waals surface area contributed by atoms with Gasteiger partial charge in [0.1, 0.15) is 0 Å². The maximum Gasteiger partial charge on any atom is 0.0576 e. The van der Waals surface area contributed by atoms with Crippen molar-refractivity contribution in [3.05, 3.63) is 0 Å². The zero-order valence-electron chi connectivity index (χ0n) is 8.11. The fourth-order valence-electron chi connectivity index (χ4n) is 1.75. The number of rotatable bonds is 3. The highest BCUT2D eigenvalue weighted by Crippen LogP contribution is 2.35. The SMILES string of the molecule is CC1(C)CCC(OCCBr)CC1. The molecule has 0 atom stereocenters. The van der Waals surface area contributed by atoms with E-state index in [1.54, 1.807) is 0 Å². The Hall–Kier alpha value is 0.440. The van der Waals surface area contributed by atoms with Crippen molar-refractivity contribution in [3.63, 3.8) is 0 Å². The first-order valence-corrected chi connectivity index (χ1v) is 5.94. The predicted octanol–water partition coefficient (Wildman–Crippen LogP) is 3.37. The summed E-state index contributed by atoms with van der Waals surface area (Å²) in [6, 6.07) is 0. The van der Waals surface area contributed by atoms with Crippen LogP contribution < -0.4 is 0 Å². The van der Waals surface area contributed by atoms with Crippen LogP contribution in [-0.4, -0.2) is 18.0 Å². The van der Waals surface area contributed by atoms with E-state index < -0.39 is 0 Å². The normalized spacial score (nSPS) is 24.2. The molecule has 72 valence electrons. The van der Waals surface area contributed by atoms with Crippen molar-refractivity contribution in [3.8, 4) is 0 Å². The minimum Gasteiger partial charge on any atom is -0.377 e. The maximum atomic E-state index is 5.68. The molecule has 0 aromatic rings. The Bertz CT molecular complexity index is 124. The Labute approximate surface area is 84.0 Å². The van der Waals surface area contributed by atoms with E-state index in [4.69, 9.17) is 4.74 Å². The molecule has 0 N–H and O–H groups in total. The van der Waals surface area contributed by atoms with Crippen LogP contribution in [0.3, 0.4) is 0 Å². The van der Waals surface area contributed by atoms with Crippen molar-refractivity contribution < 1.29 is 4.74 Å². The Balaban J connectivity index is 2.18. The van der Waals surface area contributed by atoms with Crippen LogP contribution in [0.2, 0.25) is 0 Å². The number of alkyl halides is 1. The van der Waals surface area contributed by atoms with Gasteiger partial charge in [0.05, 0.1) is 12.7 Å². The highest BCUT2D eigenvalue weighted by Gasteiger charge is 2.26. The van der Waals surface area contributed by atoms with Gasteiger partial charge in [-0.2, -0.15) is 0 Å². The summed E-state index contributed by atoms with van der Waals surface area (Å²) >= 11 is 3.37. The predicted molar refractivity (Wildman–Crippen MR) is 55.8 cm³/mol. The third-order valence-corrected chi connectivity index (χ3v) is 3.04. The molecule has 1 aliphatic carbocycles. The molecule has 12 heavy (non-hydrogen) atoms. The summed E-state index contributed by atoms with van der Waals surface area (Å²) in [7, 11) is 0. The van der Waals surface area contributed by atoms with Crippen LogP contribution in [-0.2, 0) is 4.74 Å². The zero-order valence-corrected chi connectivity index (χ0v) is 9.69. The number of hydrogen-bond acceptors (Lipinski definition) is 1. The average Bonchev–Trinajstić information content (AvgIpc) is 2.03. The van der Waals surface area contributed by atoms with E-state index in [9.17, 15) is 0 Å². The van der Waals surface area contributed by atoms with Crippen molar-refractivity contribution in [2.75, 3.05) is 11.9 Å². The fourth-order valence-corrected chi connectivity index (χ4v) is 1.94. The molecule has 0 aromatic heterocycles. The quantitative estimate of drug-likeness (QED) is 0.681. The van der Waals surface area contributed by atoms with Crippen molar-refractivity contribution in [1.82, 2.24) is 0 Å². The summed E-state index contributed by atoms with van der Waals surface area (Å²) in [6.45, 7) is 5.58. The lowest BCUT2D eigenvalue weighted by atomic mass is 9.76. The zero-order chi connectivity index (χ0) is 9.03. The molecular weight excluding hydrogens is 216 g/mol. The van der Waals surface area contributed by atoms with Crippen LogP contribution in [0.5, 0.6) is 0 Å². The van der Waals surface area contributed by atoms with E-state index in [1.165, 1.54) is 25.7 Å². The van der Waals surface area contributed by atoms with Crippen molar-refractivity contribution >= 4 is 15.9 Å². The molecule has 0 aromatic carbocycles. The van der Waals surface area contributed by atoms with Gasteiger partial charge in [-0.25, -0.2) is 0 Å². The van der Waals surface area contributed by atoms with E-state index in [0.717, 1.165) is 11.9 Å². The third kappa shape index (κ3) is 3.44. The summed E-state index contributed by atoms with van der Waals surface area (Å²) in [4.78, 5) is 0. The molecule has 0 bridgehead atoms. The monoisotopic (exact) mass is 234 g/mol. The first kappa shape index (κ1) is 10.5. The Kier molecular flexibility index (Phi) is 4.04. The molecule has 1 rings (SSSR count). The van der Waals surface area contributed by atoms with E-state index in [1.807, 2.05) is 0 Å². The first-order chi connectivity index (χ1) is 5.64. The van der Waals surface area contributed by atoms with E-state index in [2.05, 4.69) is 29.8 Å². The second-order valence-electron chi connectivity index (χ2n) is 4.42. The second kappa shape index (κ2) is 4.61. The molecule has 0 heterocycles. The highest BCUT2D eigenvalue weighted by atomic mass is 79.9. The van der Waals surface area contributed by atoms with Gasteiger partial charge in [0, 0.05) is 5.33 Å². The smallest absolute Gasteiger partial charge is 0.0576 e. The lowest BCUT2D eigenvalue weighted by molar-refractivity contribution is 0.0127. The molecule has 1 saturated carbocycles. The largest absolute Gasteiger partial charge is 0.377 e. The van der Waals surface area contributed by atoms with Crippen LogP contribution in [0.25, 0.3) is 0 Å². The average molecular weight is 235 g/mol. The standard InChI is InChI=1S/C10H19BrO/c1-10(2)5-3-9(4-6-10)12-8-7-11/h9H,3-8H2,1-2H3. The van der Waals surface area contributed by atoms with Gasteiger partial charge in [0.15, 0.2) is 0 Å². The van der Waals surface area contributed by atoms with Crippen LogP contribution >= 0.6 is 15.9 Å². The topological polar surface area (TPSA) is 9.23 Å². The second-order valence-corrected chi connectivity index (χ2v) is 5.22. The Morgan fingerprint density at radius 1 is 1.33 bits per heavy atom. The number of ether oxygens (including phenoxy) is 1. The van der Waals surface area contributed by atoms with Gasteiger partial charge in [0.25, 0.3) is 0 Å². The van der Waals surface area contributed by atoms with Crippen LogP contribution in [0.15, 0.2) is 0 Å². The van der Waals surface area contributed by atoms with Crippen molar-refractivity contribution in [2.24, 2.45) is 5.41 Å². The third-order valence-electron chi connectivity index (χ3n) is 2.72. The van der Waals surface area contributed by atoms with Crippen molar-refractivity contribution in [2.45, 2.75) is 45.6 Å². The van der Waals surface area contributed by atoms with Crippen molar-refractivity contribution in [1.29, 1.82) is 0 Å². The van der Waals surface area contributed by atoms with Gasteiger partial charge in [-0.1, -0.05) is 29.8 Å². The lowest BCUT2D eigenvalue weighted by Gasteiger charge is -2.34. The van der Waals surface area contributed by atoms with Crippen LogP contribution in [0.1, 0.15) is 39.5 Å². The number of hydrogen-bond donors (Lipinski definition) is 0. The minimum atomic E-state index is 0.538. The van der Waals surface area contributed by atoms with E-state index >= 15 is 0 Å². The van der Waals surface area contributed by atoms with Gasteiger partial charge < -0.3 is 4.74 Å². The van der Waals surface area contributed by atoms with Gasteiger partial charge in [0.2, 0.25) is 0 Å². The molecule has 0 aliphatic heterocycles. The summed E-state index contributed by atoms with van der Waals surface area (Å²) in [6.07, 6.45) is 5.68. The molecule has 0 radical (unpaired) electrons. The molecule has 0 saturated heterocycles. The summed E-state index contributed by atoms with van der Waals surface area (Å²) < 4.78 is 5.68. The fraction of sp³-hybridized carbons (Fsp3) is 1.00. The molecule has 1 aliphatic rings. The molecule has 0 unspecified atom stereocenters.